The highest BCUT2D eigenvalue weighted by molar-refractivity contribution is 6.53. The van der Waals surface area contributed by atoms with Gasteiger partial charge < -0.3 is 16.4 Å². The Hall–Kier alpha value is -3.08. The second-order valence-electron chi connectivity index (χ2n) is 8.24. The summed E-state index contributed by atoms with van der Waals surface area (Å²) in [5.41, 5.74) is 3.90. The first kappa shape index (κ1) is 27.0. The number of nitrogens with one attached hydrogen (secondary N) is 2. The molecule has 13 heteroatoms. The largest absolute Gasteiger partial charge is 0.419 e. The molecular weight excluding hydrogens is 564 g/mol. The minimum absolute atomic E-state index is 0.0319. The summed E-state index contributed by atoms with van der Waals surface area (Å²) in [6, 6.07) is 9.80. The van der Waals surface area contributed by atoms with Crippen molar-refractivity contribution in [2.45, 2.75) is 16.4 Å². The third-order valence-corrected chi connectivity index (χ3v) is 6.98. The van der Waals surface area contributed by atoms with Crippen LogP contribution in [0, 0.1) is 17.6 Å². The maximum absolute atomic E-state index is 14.1. The molecule has 37 heavy (non-hydrogen) atoms. The number of anilines is 3. The Labute approximate surface area is 221 Å². The van der Waals surface area contributed by atoms with Gasteiger partial charge in [-0.15, -0.1) is 23.2 Å². The van der Waals surface area contributed by atoms with Gasteiger partial charge in [-0.3, -0.25) is 9.59 Å². The number of halogens is 8. The van der Waals surface area contributed by atoms with Crippen molar-refractivity contribution in [3.63, 3.8) is 0 Å². The van der Waals surface area contributed by atoms with Gasteiger partial charge in [-0.2, -0.15) is 13.2 Å². The zero-order valence-electron chi connectivity index (χ0n) is 18.3. The van der Waals surface area contributed by atoms with E-state index in [-0.39, 0.29) is 33.2 Å². The molecule has 0 aromatic heterocycles. The van der Waals surface area contributed by atoms with E-state index in [0.29, 0.717) is 12.1 Å². The van der Waals surface area contributed by atoms with Crippen molar-refractivity contribution < 1.29 is 31.5 Å². The van der Waals surface area contributed by atoms with Gasteiger partial charge in [0.1, 0.15) is 16.0 Å². The number of alkyl halides is 5. The number of hydrogen-bond acceptors (Lipinski definition) is 3. The highest BCUT2D eigenvalue weighted by atomic mass is 35.5. The quantitative estimate of drug-likeness (QED) is 0.173. The zero-order valence-corrected chi connectivity index (χ0v) is 20.5. The smallest absolute Gasteiger partial charge is 0.399 e. The van der Waals surface area contributed by atoms with Crippen LogP contribution in [0.4, 0.5) is 39.0 Å². The summed E-state index contributed by atoms with van der Waals surface area (Å²) in [7, 11) is 0. The highest BCUT2D eigenvalue weighted by Crippen LogP contribution is 2.65. The van der Waals surface area contributed by atoms with E-state index in [4.69, 9.17) is 40.5 Å². The summed E-state index contributed by atoms with van der Waals surface area (Å²) in [6.45, 7) is 0. The number of benzene rings is 3. The van der Waals surface area contributed by atoms with Crippen molar-refractivity contribution in [3.8, 4) is 0 Å². The molecule has 1 fully saturated rings. The Balaban J connectivity index is 1.52. The zero-order chi connectivity index (χ0) is 27.3. The van der Waals surface area contributed by atoms with Crippen LogP contribution in [0.1, 0.15) is 27.4 Å². The lowest BCUT2D eigenvalue weighted by Crippen LogP contribution is -2.18. The molecule has 2 amide bonds. The molecule has 0 spiro atoms. The van der Waals surface area contributed by atoms with Crippen LogP contribution in [-0.2, 0) is 11.0 Å². The number of carbonyl (C=O) groups excluding carboxylic acids is 2. The van der Waals surface area contributed by atoms with E-state index in [1.165, 1.54) is 30.3 Å². The Morgan fingerprint density at radius 2 is 1.62 bits per heavy atom. The third kappa shape index (κ3) is 5.46. The molecule has 0 heterocycles. The first-order chi connectivity index (χ1) is 17.2. The Kier molecular flexibility index (Phi) is 7.04. The van der Waals surface area contributed by atoms with E-state index in [0.717, 1.165) is 12.1 Å². The molecule has 5 nitrogen and oxygen atoms in total. The maximum atomic E-state index is 14.1. The summed E-state index contributed by atoms with van der Waals surface area (Å²) >= 11 is 18.5. The van der Waals surface area contributed by atoms with Gasteiger partial charge in [0.25, 0.3) is 5.91 Å². The van der Waals surface area contributed by atoms with E-state index >= 15 is 0 Å². The number of rotatable bonds is 5. The van der Waals surface area contributed by atoms with Gasteiger partial charge in [-0.05, 0) is 54.1 Å². The molecule has 0 saturated heterocycles. The summed E-state index contributed by atoms with van der Waals surface area (Å²) in [6.07, 6.45) is -4.95. The number of nitrogens with two attached hydrogens (primary N) is 1. The van der Waals surface area contributed by atoms with Crippen LogP contribution in [0.5, 0.6) is 0 Å². The fraction of sp³-hybridized carbons (Fsp3) is 0.167. The second-order valence-corrected chi connectivity index (χ2v) is 10.1. The minimum Gasteiger partial charge on any atom is -0.399 e. The predicted octanol–water partition coefficient (Wildman–Crippen LogP) is 7.00. The maximum Gasteiger partial charge on any atom is 0.419 e. The second kappa shape index (κ2) is 9.66. The summed E-state index contributed by atoms with van der Waals surface area (Å²) in [4.78, 5) is 25.4. The Morgan fingerprint density at radius 3 is 2.27 bits per heavy atom. The van der Waals surface area contributed by atoms with Crippen LogP contribution in [0.2, 0.25) is 5.02 Å². The number of hydrogen-bond donors (Lipinski definition) is 3. The first-order valence-electron chi connectivity index (χ1n) is 10.4. The summed E-state index contributed by atoms with van der Waals surface area (Å²) < 4.78 is 65.3. The first-order valence-corrected chi connectivity index (χ1v) is 11.5. The molecule has 4 N–H and O–H groups in total. The molecule has 3 aromatic carbocycles. The molecule has 4 rings (SSSR count). The molecule has 3 aromatic rings. The minimum atomic E-state index is -4.95. The molecule has 0 radical (unpaired) electrons. The van der Waals surface area contributed by atoms with Crippen LogP contribution >= 0.6 is 34.8 Å². The molecule has 0 aliphatic heterocycles. The van der Waals surface area contributed by atoms with E-state index in [2.05, 4.69) is 10.6 Å². The van der Waals surface area contributed by atoms with Crippen molar-refractivity contribution in [2.24, 2.45) is 5.92 Å². The van der Waals surface area contributed by atoms with E-state index in [1.54, 1.807) is 0 Å². The Bertz CT molecular complexity index is 1410. The lowest BCUT2D eigenvalue weighted by molar-refractivity contribution is -0.140. The molecule has 2 atom stereocenters. The number of amides is 2. The van der Waals surface area contributed by atoms with Gasteiger partial charge in [0.05, 0.1) is 27.8 Å². The molecule has 194 valence electrons. The van der Waals surface area contributed by atoms with Gasteiger partial charge in [-0.1, -0.05) is 17.7 Å². The fourth-order valence-corrected chi connectivity index (χ4v) is 4.84. The molecule has 1 saturated carbocycles. The van der Waals surface area contributed by atoms with Gasteiger partial charge in [0, 0.05) is 17.3 Å². The average molecular weight is 579 g/mol. The van der Waals surface area contributed by atoms with Gasteiger partial charge in [0.15, 0.2) is 0 Å². The van der Waals surface area contributed by atoms with Crippen molar-refractivity contribution >= 4 is 63.7 Å². The molecular formula is C24H15Cl3F5N3O2. The van der Waals surface area contributed by atoms with Crippen LogP contribution < -0.4 is 16.4 Å². The highest BCUT2D eigenvalue weighted by Gasteiger charge is 2.67. The van der Waals surface area contributed by atoms with Gasteiger partial charge in [0.2, 0.25) is 5.91 Å². The standard InChI is InChI=1S/C24H15Cl3F5N3O2/c25-15-5-3-12(9-18(15)35-21(36)13-4-2-11(33)8-17(13)29)34-22(37)20-19(23(20,26)27)10-1-6-16(28)14(7-10)24(30,31)32/h1-9,19-20H,33H2,(H,34,37)(H,35,36)/t19-,20+/m0/s1. The van der Waals surface area contributed by atoms with Crippen molar-refractivity contribution in [1.29, 1.82) is 0 Å². The van der Waals surface area contributed by atoms with Gasteiger partial charge >= 0.3 is 6.18 Å². The Morgan fingerprint density at radius 1 is 0.919 bits per heavy atom. The van der Waals surface area contributed by atoms with Gasteiger partial charge in [-0.25, -0.2) is 8.78 Å². The lowest BCUT2D eigenvalue weighted by Gasteiger charge is -2.12. The lowest BCUT2D eigenvalue weighted by atomic mass is 10.0. The topological polar surface area (TPSA) is 84.2 Å². The van der Waals surface area contributed by atoms with Crippen molar-refractivity contribution in [3.05, 3.63) is 87.9 Å². The van der Waals surface area contributed by atoms with Crippen LogP contribution in [0.15, 0.2) is 54.6 Å². The SMILES string of the molecule is Nc1ccc(C(=O)Nc2cc(NC(=O)[C@H]3[C@H](c4ccc(F)c(C(F)(F)F)c4)C3(Cl)Cl)ccc2Cl)c(F)c1. The van der Waals surface area contributed by atoms with E-state index in [1.807, 2.05) is 0 Å². The molecule has 1 aliphatic carbocycles. The van der Waals surface area contributed by atoms with Crippen molar-refractivity contribution in [2.75, 3.05) is 16.4 Å². The third-order valence-electron chi connectivity index (χ3n) is 5.71. The fourth-order valence-electron chi connectivity index (χ4n) is 3.85. The van der Waals surface area contributed by atoms with Crippen LogP contribution in [0.25, 0.3) is 0 Å². The van der Waals surface area contributed by atoms with Crippen LogP contribution in [-0.4, -0.2) is 16.1 Å². The van der Waals surface area contributed by atoms with E-state index in [9.17, 15) is 31.5 Å². The van der Waals surface area contributed by atoms with Crippen LogP contribution in [0.3, 0.4) is 0 Å². The number of carbonyl (C=O) groups is 2. The molecule has 1 aliphatic rings. The van der Waals surface area contributed by atoms with Crippen molar-refractivity contribution in [1.82, 2.24) is 0 Å². The average Bonchev–Trinajstić information content (AvgIpc) is 3.37. The molecule has 0 unspecified atom stereocenters. The summed E-state index contributed by atoms with van der Waals surface area (Å²) in [5, 5.41) is 5.01. The summed E-state index contributed by atoms with van der Waals surface area (Å²) in [5.74, 6) is -6.10. The normalized spacial score (nSPS) is 18.3. The monoisotopic (exact) mass is 577 g/mol. The predicted molar refractivity (Wildman–Crippen MR) is 131 cm³/mol. The number of nitrogen functional groups attached to an aromatic ring is 1. The molecule has 0 bridgehead atoms. The van der Waals surface area contributed by atoms with E-state index < -0.39 is 51.4 Å².